The molecule has 1 aliphatic rings. The molecule has 1 fully saturated rings. The Labute approximate surface area is 73.3 Å². The predicted octanol–water partition coefficient (Wildman–Crippen LogP) is 1.23. The first-order valence-electron chi connectivity index (χ1n) is 6.09. The first-order valence-corrected chi connectivity index (χ1v) is 3.09. The molecule has 1 amide bonds. The average molecular weight is 167 g/mol. The molecule has 1 atom stereocenters. The number of halogens is 1. The number of carbonyl (C=O) groups excluding carboxylic acids is 1. The third-order valence-corrected chi connectivity index (χ3v) is 1.27. The number of hydrogen-bond acceptors (Lipinski definition) is 2. The number of hydrogen-bond donors (Lipinski definition) is 1. The Bertz CT molecular complexity index is 300. The van der Waals surface area contributed by atoms with Crippen molar-refractivity contribution in [3.8, 4) is 0 Å². The molecule has 4 heteroatoms. The molecule has 1 aliphatic heterocycles. The van der Waals surface area contributed by atoms with Gasteiger partial charge in [0.25, 0.3) is 0 Å². The maximum Gasteiger partial charge on any atom is 0.407 e. The molecule has 1 N–H and O–H groups in total. The van der Waals surface area contributed by atoms with Crippen LogP contribution in [0.2, 0.25) is 0 Å². The molecule has 0 aromatic carbocycles. The van der Waals surface area contributed by atoms with Gasteiger partial charge in [-0.25, -0.2) is 9.18 Å². The molecule has 0 spiro atoms. The lowest BCUT2D eigenvalue weighted by Crippen LogP contribution is -2.32. The van der Waals surface area contributed by atoms with Crippen molar-refractivity contribution in [2.45, 2.75) is 31.8 Å². The molecular formula is C7H12FNO2. The van der Waals surface area contributed by atoms with Crippen molar-refractivity contribution >= 4 is 6.09 Å². The second-order valence-electron chi connectivity index (χ2n) is 2.45. The van der Waals surface area contributed by atoms with Gasteiger partial charge in [0.2, 0.25) is 0 Å². The molecular weight excluding hydrogens is 149 g/mol. The summed E-state index contributed by atoms with van der Waals surface area (Å²) in [5.41, 5.74) is -3.37. The molecule has 1 saturated heterocycles. The van der Waals surface area contributed by atoms with Crippen LogP contribution in [-0.2, 0) is 4.74 Å². The van der Waals surface area contributed by atoms with Crippen molar-refractivity contribution in [1.29, 1.82) is 0 Å². The Morgan fingerprint density at radius 1 is 2.00 bits per heavy atom. The van der Waals surface area contributed by atoms with Gasteiger partial charge in [0.05, 0.1) is 6.04 Å². The van der Waals surface area contributed by atoms with E-state index in [1.165, 1.54) is 0 Å². The van der Waals surface area contributed by atoms with Crippen LogP contribution in [0.5, 0.6) is 0 Å². The minimum absolute atomic E-state index is 0.239. The Morgan fingerprint density at radius 2 is 2.73 bits per heavy atom. The van der Waals surface area contributed by atoms with Crippen molar-refractivity contribution in [1.82, 2.24) is 5.32 Å². The normalized spacial score (nSPS) is 35.0. The first kappa shape index (κ1) is 3.29. The van der Waals surface area contributed by atoms with Gasteiger partial charge in [-0.2, -0.15) is 0 Å². The average Bonchev–Trinajstić information content (AvgIpc) is 2.47. The van der Waals surface area contributed by atoms with Crippen LogP contribution in [-0.4, -0.2) is 24.4 Å². The van der Waals surface area contributed by atoms with Gasteiger partial charge < -0.3 is 10.1 Å². The number of alkyl halides is 1. The monoisotopic (exact) mass is 167 g/mol. The maximum atomic E-state index is 14.3. The minimum Gasteiger partial charge on any atom is -0.447 e. The van der Waals surface area contributed by atoms with Crippen LogP contribution in [0.1, 0.15) is 28.3 Å². The van der Waals surface area contributed by atoms with Crippen LogP contribution in [0.15, 0.2) is 0 Å². The standard InChI is InChI=1S/C7H12FNO2/c1-7(2,8)3-5-4-11-6(10)9-5/h5H,3-4H2,1-2H3,(H,9,10)/i1D3,2D3. The first-order chi connectivity index (χ1) is 7.47. The van der Waals surface area contributed by atoms with Crippen LogP contribution in [0.25, 0.3) is 0 Å². The maximum absolute atomic E-state index is 14.3. The molecule has 3 nitrogen and oxygen atoms in total. The van der Waals surface area contributed by atoms with Gasteiger partial charge in [-0.1, -0.05) is 0 Å². The van der Waals surface area contributed by atoms with E-state index < -0.39 is 37.9 Å². The number of ether oxygens (including phenoxy) is 1. The smallest absolute Gasteiger partial charge is 0.407 e. The van der Waals surface area contributed by atoms with E-state index in [2.05, 4.69) is 10.1 Å². The van der Waals surface area contributed by atoms with Gasteiger partial charge in [0.1, 0.15) is 12.3 Å². The van der Waals surface area contributed by atoms with Crippen LogP contribution in [0, 0.1) is 0 Å². The van der Waals surface area contributed by atoms with Crippen molar-refractivity contribution < 1.29 is 22.1 Å². The number of amides is 1. The summed E-state index contributed by atoms with van der Waals surface area (Å²) >= 11 is 0. The Morgan fingerprint density at radius 3 is 3.18 bits per heavy atom. The Kier molecular flexibility index (Phi) is 0.801. The van der Waals surface area contributed by atoms with Crippen molar-refractivity contribution in [3.05, 3.63) is 0 Å². The highest BCUT2D eigenvalue weighted by Crippen LogP contribution is 2.18. The van der Waals surface area contributed by atoms with Gasteiger partial charge in [-0.05, 0) is 13.7 Å². The van der Waals surface area contributed by atoms with E-state index in [-0.39, 0.29) is 6.61 Å². The lowest BCUT2D eigenvalue weighted by atomic mass is 10.0. The van der Waals surface area contributed by atoms with E-state index in [4.69, 9.17) is 8.22 Å². The lowest BCUT2D eigenvalue weighted by molar-refractivity contribution is 0.163. The van der Waals surface area contributed by atoms with Crippen molar-refractivity contribution in [2.75, 3.05) is 6.61 Å². The molecule has 64 valence electrons. The summed E-state index contributed by atoms with van der Waals surface area (Å²) in [5.74, 6) is 0. The molecule has 0 bridgehead atoms. The molecule has 0 radical (unpaired) electrons. The lowest BCUT2D eigenvalue weighted by Gasteiger charge is -2.16. The second-order valence-corrected chi connectivity index (χ2v) is 2.45. The fourth-order valence-corrected chi connectivity index (χ4v) is 0.876. The van der Waals surface area contributed by atoms with Crippen LogP contribution in [0.3, 0.4) is 0 Å². The largest absolute Gasteiger partial charge is 0.447 e. The molecule has 1 unspecified atom stereocenters. The summed E-state index contributed by atoms with van der Waals surface area (Å²) in [6.45, 7) is -6.84. The summed E-state index contributed by atoms with van der Waals surface area (Å²) in [6, 6.07) is -0.951. The highest BCUT2D eigenvalue weighted by Gasteiger charge is 2.28. The number of cyclic esters (lactones) is 1. The molecule has 0 aromatic rings. The zero-order valence-corrected chi connectivity index (χ0v) is 5.69. The van der Waals surface area contributed by atoms with Crippen LogP contribution in [0.4, 0.5) is 9.18 Å². The number of rotatable bonds is 2. The Balaban J connectivity index is 2.90. The summed E-state index contributed by atoms with van der Waals surface area (Å²) < 4.78 is 60.7. The Hall–Kier alpha value is -0.800. The van der Waals surface area contributed by atoms with Crippen molar-refractivity contribution in [3.63, 3.8) is 0 Å². The van der Waals surface area contributed by atoms with E-state index in [1.807, 2.05) is 0 Å². The minimum atomic E-state index is -3.37. The third kappa shape index (κ3) is 2.74. The molecule has 0 aliphatic carbocycles. The summed E-state index contributed by atoms with van der Waals surface area (Å²) in [7, 11) is 0. The fraction of sp³-hybridized carbons (Fsp3) is 0.857. The fourth-order valence-electron chi connectivity index (χ4n) is 0.876. The number of nitrogens with one attached hydrogen (secondary N) is 1. The van der Waals surface area contributed by atoms with Crippen molar-refractivity contribution in [2.24, 2.45) is 0 Å². The topological polar surface area (TPSA) is 38.3 Å². The van der Waals surface area contributed by atoms with E-state index in [0.717, 1.165) is 0 Å². The quantitative estimate of drug-likeness (QED) is 0.671. The van der Waals surface area contributed by atoms with E-state index in [0.29, 0.717) is 0 Å². The highest BCUT2D eigenvalue weighted by atomic mass is 19.1. The van der Waals surface area contributed by atoms with Gasteiger partial charge in [0.15, 0.2) is 0 Å². The van der Waals surface area contributed by atoms with Crippen LogP contribution < -0.4 is 5.32 Å². The molecule has 0 saturated carbocycles. The molecule has 0 aromatic heterocycles. The highest BCUT2D eigenvalue weighted by molar-refractivity contribution is 5.69. The van der Waals surface area contributed by atoms with Gasteiger partial charge >= 0.3 is 6.09 Å². The summed E-state index contributed by atoms with van der Waals surface area (Å²) in [4.78, 5) is 10.7. The van der Waals surface area contributed by atoms with Gasteiger partial charge in [0, 0.05) is 14.6 Å². The van der Waals surface area contributed by atoms with E-state index in [1.54, 1.807) is 0 Å². The predicted molar refractivity (Wildman–Crippen MR) is 38.1 cm³/mol. The number of carbonyl (C=O) groups is 1. The van der Waals surface area contributed by atoms with E-state index in [9.17, 15) is 9.18 Å². The van der Waals surface area contributed by atoms with Crippen LogP contribution >= 0.6 is 0 Å². The summed E-state index contributed by atoms with van der Waals surface area (Å²) in [6.07, 6.45) is -1.65. The molecule has 1 rings (SSSR count). The van der Waals surface area contributed by atoms with E-state index >= 15 is 0 Å². The molecule has 1 heterocycles. The SMILES string of the molecule is [2H]C([2H])([2H])C(F)(CC1COC(=O)N1)C([2H])([2H])[2H]. The summed E-state index contributed by atoms with van der Waals surface area (Å²) in [5, 5.41) is 2.15. The second kappa shape index (κ2) is 2.68. The zero-order chi connectivity index (χ0) is 13.5. The van der Waals surface area contributed by atoms with Gasteiger partial charge in [-0.3, -0.25) is 0 Å². The van der Waals surface area contributed by atoms with Gasteiger partial charge in [-0.15, -0.1) is 0 Å². The number of alkyl carbamates (subject to hydrolysis) is 1. The zero-order valence-electron chi connectivity index (χ0n) is 11.7. The third-order valence-electron chi connectivity index (χ3n) is 1.27. The molecule has 11 heavy (non-hydrogen) atoms.